The van der Waals surface area contributed by atoms with E-state index in [2.05, 4.69) is 19.6 Å². The molecule has 2 saturated carbocycles. The van der Waals surface area contributed by atoms with E-state index < -0.39 is 11.5 Å². The van der Waals surface area contributed by atoms with Crippen LogP contribution in [0, 0.1) is 22.7 Å². The van der Waals surface area contributed by atoms with E-state index in [9.17, 15) is 15.0 Å². The smallest absolute Gasteiger partial charge is 0.338 e. The van der Waals surface area contributed by atoms with Gasteiger partial charge in [0.1, 0.15) is 6.61 Å². The van der Waals surface area contributed by atoms with Gasteiger partial charge in [0, 0.05) is 11.3 Å². The van der Waals surface area contributed by atoms with Crippen LogP contribution in [0.15, 0.2) is 36.0 Å². The molecule has 2 fully saturated rings. The Morgan fingerprint density at radius 1 is 1.42 bits per heavy atom. The topological polar surface area (TPSA) is 66.8 Å². The third kappa shape index (κ3) is 2.56. The third-order valence-electron chi connectivity index (χ3n) is 6.78. The van der Waals surface area contributed by atoms with Crippen molar-refractivity contribution < 1.29 is 19.7 Å². The van der Waals surface area contributed by atoms with Gasteiger partial charge in [0.05, 0.1) is 18.3 Å². The molecule has 1 aliphatic heterocycles. The van der Waals surface area contributed by atoms with Crippen LogP contribution in [0.25, 0.3) is 0 Å². The highest BCUT2D eigenvalue weighted by molar-refractivity contribution is 5.93. The minimum absolute atomic E-state index is 0.00515. The highest BCUT2D eigenvalue weighted by atomic mass is 16.5. The van der Waals surface area contributed by atoms with Crippen molar-refractivity contribution in [3.63, 3.8) is 0 Å². The summed E-state index contributed by atoms with van der Waals surface area (Å²) in [5, 5.41) is 20.5. The van der Waals surface area contributed by atoms with Gasteiger partial charge in [-0.25, -0.2) is 4.79 Å². The number of allylic oxidation sites excluding steroid dienone is 2. The van der Waals surface area contributed by atoms with Crippen molar-refractivity contribution >= 4 is 5.97 Å². The lowest BCUT2D eigenvalue weighted by atomic mass is 9.46. The number of carbonyl (C=O) groups is 1. The Morgan fingerprint density at radius 3 is 2.79 bits per heavy atom. The average Bonchev–Trinajstić information content (AvgIpc) is 2.96. The van der Waals surface area contributed by atoms with Gasteiger partial charge in [-0.15, -0.1) is 0 Å². The van der Waals surface area contributed by atoms with Crippen molar-refractivity contribution in [3.8, 4) is 0 Å². The number of fused-ring (bicyclic) bond motifs is 1. The molecule has 4 nitrogen and oxygen atoms in total. The molecule has 2 N–H and O–H groups in total. The molecule has 0 amide bonds. The van der Waals surface area contributed by atoms with Gasteiger partial charge >= 0.3 is 5.97 Å². The number of hydrogen-bond donors (Lipinski definition) is 2. The fourth-order valence-electron chi connectivity index (χ4n) is 5.20. The SMILES string of the molecule is C=C1CCC2[C@@](C)(CC[C@@H](O)[C@@]2(C)CO)C1/C=C/C1=CCOC1=O. The van der Waals surface area contributed by atoms with E-state index in [1.807, 2.05) is 13.0 Å². The highest BCUT2D eigenvalue weighted by Crippen LogP contribution is 2.61. The quantitative estimate of drug-likeness (QED) is 0.616. The van der Waals surface area contributed by atoms with Crippen molar-refractivity contribution in [1.29, 1.82) is 0 Å². The van der Waals surface area contributed by atoms with Gasteiger partial charge in [-0.05, 0) is 43.1 Å². The molecular formula is C20H28O4. The molecule has 4 heteroatoms. The molecule has 3 rings (SSSR count). The minimum Gasteiger partial charge on any atom is -0.458 e. The molecule has 1 heterocycles. The first kappa shape index (κ1) is 17.4. The van der Waals surface area contributed by atoms with Crippen molar-refractivity contribution in [2.24, 2.45) is 22.7 Å². The second kappa shape index (κ2) is 6.16. The third-order valence-corrected chi connectivity index (χ3v) is 6.78. The molecule has 24 heavy (non-hydrogen) atoms. The second-order valence-electron chi connectivity index (χ2n) is 8.07. The van der Waals surface area contributed by atoms with Gasteiger partial charge in [0.15, 0.2) is 0 Å². The van der Waals surface area contributed by atoms with Crippen LogP contribution in [0.2, 0.25) is 0 Å². The zero-order valence-corrected chi connectivity index (χ0v) is 14.6. The summed E-state index contributed by atoms with van der Waals surface area (Å²) in [5.41, 5.74) is 1.24. The van der Waals surface area contributed by atoms with Crippen molar-refractivity contribution in [2.75, 3.05) is 13.2 Å². The van der Waals surface area contributed by atoms with Crippen LogP contribution in [-0.2, 0) is 9.53 Å². The molecular weight excluding hydrogens is 304 g/mol. The monoisotopic (exact) mass is 332 g/mol. The summed E-state index contributed by atoms with van der Waals surface area (Å²) in [6.45, 7) is 8.87. The van der Waals surface area contributed by atoms with Gasteiger partial charge < -0.3 is 14.9 Å². The Bertz CT molecular complexity index is 605. The van der Waals surface area contributed by atoms with Crippen LogP contribution in [0.5, 0.6) is 0 Å². The van der Waals surface area contributed by atoms with Crippen molar-refractivity contribution in [3.05, 3.63) is 36.0 Å². The summed E-state index contributed by atoms with van der Waals surface area (Å²) < 4.78 is 4.96. The van der Waals surface area contributed by atoms with E-state index in [0.717, 1.165) is 19.3 Å². The van der Waals surface area contributed by atoms with Crippen molar-refractivity contribution in [2.45, 2.75) is 45.6 Å². The van der Waals surface area contributed by atoms with E-state index in [1.165, 1.54) is 5.57 Å². The lowest BCUT2D eigenvalue weighted by molar-refractivity contribution is -0.145. The Hall–Kier alpha value is -1.39. The van der Waals surface area contributed by atoms with Crippen LogP contribution >= 0.6 is 0 Å². The van der Waals surface area contributed by atoms with Gasteiger partial charge in [-0.3, -0.25) is 0 Å². The van der Waals surface area contributed by atoms with Crippen LogP contribution in [0.3, 0.4) is 0 Å². The summed E-state index contributed by atoms with van der Waals surface area (Å²) in [4.78, 5) is 11.7. The lowest BCUT2D eigenvalue weighted by Gasteiger charge is -2.59. The molecule has 2 aliphatic carbocycles. The maximum absolute atomic E-state index is 11.7. The molecule has 0 bridgehead atoms. The summed E-state index contributed by atoms with van der Waals surface area (Å²) in [6, 6.07) is 0. The Kier molecular flexibility index (Phi) is 4.47. The Labute approximate surface area is 143 Å². The highest BCUT2D eigenvalue weighted by Gasteiger charge is 2.57. The van der Waals surface area contributed by atoms with Crippen LogP contribution in [0.1, 0.15) is 39.5 Å². The number of carbonyl (C=O) groups excluding carboxylic acids is 1. The number of aliphatic hydroxyl groups is 2. The molecule has 0 spiro atoms. The lowest BCUT2D eigenvalue weighted by Crippen LogP contribution is -2.57. The zero-order chi connectivity index (χ0) is 17.5. The number of ether oxygens (including phenoxy) is 1. The number of rotatable bonds is 3. The normalized spacial score (nSPS) is 42.8. The molecule has 3 aliphatic rings. The fourth-order valence-corrected chi connectivity index (χ4v) is 5.20. The molecule has 5 atom stereocenters. The maximum atomic E-state index is 11.7. The minimum atomic E-state index is -0.481. The molecule has 0 aromatic heterocycles. The second-order valence-corrected chi connectivity index (χ2v) is 8.07. The van der Waals surface area contributed by atoms with Crippen LogP contribution in [0.4, 0.5) is 0 Å². The van der Waals surface area contributed by atoms with Crippen molar-refractivity contribution in [1.82, 2.24) is 0 Å². The molecule has 0 radical (unpaired) electrons. The summed E-state index contributed by atoms with van der Waals surface area (Å²) >= 11 is 0. The van der Waals surface area contributed by atoms with E-state index in [4.69, 9.17) is 4.74 Å². The van der Waals surface area contributed by atoms with E-state index in [0.29, 0.717) is 18.6 Å². The Balaban J connectivity index is 1.92. The number of esters is 1. The van der Waals surface area contributed by atoms with E-state index >= 15 is 0 Å². The number of hydrogen-bond acceptors (Lipinski definition) is 4. The Morgan fingerprint density at radius 2 is 2.17 bits per heavy atom. The fraction of sp³-hybridized carbons (Fsp3) is 0.650. The first-order chi connectivity index (χ1) is 11.3. The molecule has 132 valence electrons. The summed E-state index contributed by atoms with van der Waals surface area (Å²) in [5.74, 6) is 0.0981. The predicted molar refractivity (Wildman–Crippen MR) is 92.1 cm³/mol. The van der Waals surface area contributed by atoms with E-state index in [-0.39, 0.29) is 29.8 Å². The number of cyclic esters (lactones) is 1. The standard InChI is InChI=1S/C20H28O4/c1-13-4-7-16-19(2,10-8-17(22)20(16,3)12-21)15(13)6-5-14-9-11-24-18(14)23/h5-6,9,15-17,21-22H,1,4,7-8,10-12H2,2-3H3/b6-5+/t15?,16?,17-,19+,20+/m1/s1. The molecule has 2 unspecified atom stereocenters. The van der Waals surface area contributed by atoms with Crippen LogP contribution in [-0.4, -0.2) is 35.5 Å². The van der Waals surface area contributed by atoms with Gasteiger partial charge in [0.25, 0.3) is 0 Å². The van der Waals surface area contributed by atoms with E-state index in [1.54, 1.807) is 6.08 Å². The first-order valence-electron chi connectivity index (χ1n) is 8.85. The number of aliphatic hydroxyl groups excluding tert-OH is 2. The summed E-state index contributed by atoms with van der Waals surface area (Å²) in [7, 11) is 0. The maximum Gasteiger partial charge on any atom is 0.338 e. The molecule has 0 aromatic rings. The van der Waals surface area contributed by atoms with Crippen LogP contribution < -0.4 is 0 Å². The average molecular weight is 332 g/mol. The molecule has 0 saturated heterocycles. The largest absolute Gasteiger partial charge is 0.458 e. The van der Waals surface area contributed by atoms with Gasteiger partial charge in [-0.1, -0.05) is 38.2 Å². The van der Waals surface area contributed by atoms with Gasteiger partial charge in [-0.2, -0.15) is 0 Å². The van der Waals surface area contributed by atoms with Gasteiger partial charge in [0.2, 0.25) is 0 Å². The molecule has 0 aromatic carbocycles. The zero-order valence-electron chi connectivity index (χ0n) is 14.6. The predicted octanol–water partition coefficient (Wildman–Crippen LogP) is 2.77. The summed E-state index contributed by atoms with van der Waals surface area (Å²) in [6.07, 6.45) is 8.69. The first-order valence-corrected chi connectivity index (χ1v) is 8.85.